The average Bonchev–Trinajstić information content (AvgIpc) is 2.41. The van der Waals surface area contributed by atoms with Crippen molar-refractivity contribution in [2.75, 3.05) is 13.1 Å². The van der Waals surface area contributed by atoms with E-state index in [0.29, 0.717) is 25.1 Å². The van der Waals surface area contributed by atoms with E-state index in [4.69, 9.17) is 0 Å². The molecule has 0 bridgehead atoms. The van der Waals surface area contributed by atoms with Gasteiger partial charge in [-0.3, -0.25) is 4.79 Å². The summed E-state index contributed by atoms with van der Waals surface area (Å²) in [7, 11) is 0. The summed E-state index contributed by atoms with van der Waals surface area (Å²) in [6, 6.07) is 5.37. The van der Waals surface area contributed by atoms with Crippen molar-refractivity contribution in [3.8, 4) is 0 Å². The molecule has 3 N–H and O–H groups in total. The number of carbonyl (C=O) groups excluding carboxylic acids is 2. The van der Waals surface area contributed by atoms with Crippen molar-refractivity contribution in [2.45, 2.75) is 26.3 Å². The van der Waals surface area contributed by atoms with Crippen molar-refractivity contribution >= 4 is 11.9 Å². The number of hydrogen-bond acceptors (Lipinski definition) is 2. The Labute approximate surface area is 117 Å². The first-order chi connectivity index (χ1) is 9.54. The van der Waals surface area contributed by atoms with Gasteiger partial charge in [0.1, 0.15) is 11.9 Å². The molecular weight excluding hydrogens is 261 g/mol. The fraction of sp³-hybridized carbons (Fsp3) is 0.429. The summed E-state index contributed by atoms with van der Waals surface area (Å²) in [5.74, 6) is -0.526. The Morgan fingerprint density at radius 1 is 1.25 bits per heavy atom. The fourth-order valence-electron chi connectivity index (χ4n) is 1.65. The van der Waals surface area contributed by atoms with Crippen molar-refractivity contribution in [2.24, 2.45) is 0 Å². The molecule has 0 aliphatic rings. The lowest BCUT2D eigenvalue weighted by Gasteiger charge is -2.14. The van der Waals surface area contributed by atoms with Gasteiger partial charge in [-0.15, -0.1) is 0 Å². The highest BCUT2D eigenvalue weighted by Crippen LogP contribution is 2.05. The maximum Gasteiger partial charge on any atom is 0.315 e. The minimum atomic E-state index is -0.608. The largest absolute Gasteiger partial charge is 0.355 e. The Morgan fingerprint density at radius 2 is 1.95 bits per heavy atom. The Bertz CT molecular complexity index is 465. The van der Waals surface area contributed by atoms with Gasteiger partial charge in [0.25, 0.3) is 0 Å². The van der Waals surface area contributed by atoms with E-state index in [-0.39, 0.29) is 11.7 Å². The van der Waals surface area contributed by atoms with E-state index in [0.717, 1.165) is 0 Å². The standard InChI is InChI=1S/C14H20FN3O2/c1-3-16-13(19)10(2)18-14(20)17-9-8-11-6-4-5-7-12(11)15/h4-7,10H,3,8-9H2,1-2H3,(H,16,19)(H2,17,18,20)/t10-/m0/s1. The zero-order chi connectivity index (χ0) is 15.0. The van der Waals surface area contributed by atoms with E-state index in [1.165, 1.54) is 6.07 Å². The van der Waals surface area contributed by atoms with Gasteiger partial charge in [0.05, 0.1) is 0 Å². The third kappa shape index (κ3) is 5.26. The highest BCUT2D eigenvalue weighted by atomic mass is 19.1. The number of urea groups is 1. The van der Waals surface area contributed by atoms with Gasteiger partial charge in [-0.25, -0.2) is 9.18 Å². The van der Waals surface area contributed by atoms with Crippen LogP contribution in [0.3, 0.4) is 0 Å². The molecule has 20 heavy (non-hydrogen) atoms. The quantitative estimate of drug-likeness (QED) is 0.733. The lowest BCUT2D eigenvalue weighted by Crippen LogP contribution is -2.48. The number of nitrogens with one attached hydrogen (secondary N) is 3. The number of likely N-dealkylation sites (N-methyl/N-ethyl adjacent to an activating group) is 1. The second kappa shape index (κ2) is 8.14. The van der Waals surface area contributed by atoms with Crippen LogP contribution < -0.4 is 16.0 Å². The van der Waals surface area contributed by atoms with Crippen LogP contribution in [0.15, 0.2) is 24.3 Å². The van der Waals surface area contributed by atoms with Gasteiger partial charge in [-0.2, -0.15) is 0 Å². The van der Waals surface area contributed by atoms with E-state index < -0.39 is 12.1 Å². The highest BCUT2D eigenvalue weighted by molar-refractivity contribution is 5.86. The second-order valence-electron chi connectivity index (χ2n) is 4.36. The highest BCUT2D eigenvalue weighted by Gasteiger charge is 2.14. The van der Waals surface area contributed by atoms with Crippen molar-refractivity contribution in [3.05, 3.63) is 35.6 Å². The lowest BCUT2D eigenvalue weighted by molar-refractivity contribution is -0.122. The third-order valence-electron chi connectivity index (χ3n) is 2.73. The lowest BCUT2D eigenvalue weighted by atomic mass is 10.1. The minimum Gasteiger partial charge on any atom is -0.355 e. The Hall–Kier alpha value is -2.11. The molecule has 0 spiro atoms. The molecule has 0 heterocycles. The van der Waals surface area contributed by atoms with Crippen LogP contribution in [0.2, 0.25) is 0 Å². The van der Waals surface area contributed by atoms with Gasteiger partial charge >= 0.3 is 6.03 Å². The topological polar surface area (TPSA) is 70.2 Å². The predicted octanol–water partition coefficient (Wildman–Crippen LogP) is 1.19. The summed E-state index contributed by atoms with van der Waals surface area (Å²) < 4.78 is 13.3. The molecule has 3 amide bonds. The molecule has 0 saturated heterocycles. The van der Waals surface area contributed by atoms with Gasteiger partial charge in [-0.05, 0) is 31.9 Å². The molecule has 1 atom stereocenters. The second-order valence-corrected chi connectivity index (χ2v) is 4.36. The number of rotatable bonds is 6. The summed E-state index contributed by atoms with van der Waals surface area (Å²) in [6.45, 7) is 4.22. The summed E-state index contributed by atoms with van der Waals surface area (Å²) >= 11 is 0. The SMILES string of the molecule is CCNC(=O)[C@H](C)NC(=O)NCCc1ccccc1F. The molecule has 0 aliphatic carbocycles. The van der Waals surface area contributed by atoms with Crippen LogP contribution in [0, 0.1) is 5.82 Å². The normalized spacial score (nSPS) is 11.6. The van der Waals surface area contributed by atoms with E-state index >= 15 is 0 Å². The molecule has 110 valence electrons. The molecule has 0 fully saturated rings. The number of carbonyl (C=O) groups is 2. The smallest absolute Gasteiger partial charge is 0.315 e. The molecular formula is C14H20FN3O2. The van der Waals surface area contributed by atoms with Crippen molar-refractivity contribution in [3.63, 3.8) is 0 Å². The van der Waals surface area contributed by atoms with Gasteiger partial charge in [0.2, 0.25) is 5.91 Å². The molecule has 0 aromatic heterocycles. The first kappa shape index (κ1) is 15.9. The number of benzene rings is 1. The summed E-state index contributed by atoms with van der Waals surface area (Å²) in [5, 5.41) is 7.71. The first-order valence-corrected chi connectivity index (χ1v) is 6.60. The Morgan fingerprint density at radius 3 is 2.60 bits per heavy atom. The molecule has 0 saturated carbocycles. The average molecular weight is 281 g/mol. The van der Waals surface area contributed by atoms with Gasteiger partial charge < -0.3 is 16.0 Å². The summed E-state index contributed by atoms with van der Waals surface area (Å²) in [5.41, 5.74) is 0.546. The molecule has 1 aromatic carbocycles. The van der Waals surface area contributed by atoms with Crippen molar-refractivity contribution < 1.29 is 14.0 Å². The fourth-order valence-corrected chi connectivity index (χ4v) is 1.65. The minimum absolute atomic E-state index is 0.239. The Balaban J connectivity index is 2.30. The zero-order valence-electron chi connectivity index (χ0n) is 11.7. The molecule has 1 rings (SSSR count). The molecule has 0 unspecified atom stereocenters. The molecule has 0 aliphatic heterocycles. The molecule has 1 aromatic rings. The Kier molecular flexibility index (Phi) is 6.49. The van der Waals surface area contributed by atoms with Crippen LogP contribution in [0.1, 0.15) is 19.4 Å². The van der Waals surface area contributed by atoms with Crippen molar-refractivity contribution in [1.29, 1.82) is 0 Å². The van der Waals surface area contributed by atoms with Crippen LogP contribution in [0.4, 0.5) is 9.18 Å². The maximum absolute atomic E-state index is 13.3. The number of halogens is 1. The third-order valence-corrected chi connectivity index (χ3v) is 2.73. The molecule has 0 radical (unpaired) electrons. The van der Waals surface area contributed by atoms with Gasteiger partial charge in [-0.1, -0.05) is 18.2 Å². The maximum atomic E-state index is 13.3. The number of amides is 3. The first-order valence-electron chi connectivity index (χ1n) is 6.60. The van der Waals surface area contributed by atoms with E-state index in [1.807, 2.05) is 0 Å². The molecule has 5 nitrogen and oxygen atoms in total. The van der Waals surface area contributed by atoms with Gasteiger partial charge in [0.15, 0.2) is 0 Å². The van der Waals surface area contributed by atoms with Gasteiger partial charge in [0, 0.05) is 13.1 Å². The van der Waals surface area contributed by atoms with E-state index in [1.54, 1.807) is 32.0 Å². The monoisotopic (exact) mass is 281 g/mol. The van der Waals surface area contributed by atoms with Crippen LogP contribution in [-0.2, 0) is 11.2 Å². The van der Waals surface area contributed by atoms with Crippen LogP contribution in [-0.4, -0.2) is 31.1 Å². The number of hydrogen-bond donors (Lipinski definition) is 3. The van der Waals surface area contributed by atoms with E-state index in [2.05, 4.69) is 16.0 Å². The van der Waals surface area contributed by atoms with Crippen LogP contribution >= 0.6 is 0 Å². The zero-order valence-corrected chi connectivity index (χ0v) is 11.7. The summed E-state index contributed by atoms with van der Waals surface area (Å²) in [6.07, 6.45) is 0.398. The summed E-state index contributed by atoms with van der Waals surface area (Å²) in [4.78, 5) is 23.0. The van der Waals surface area contributed by atoms with Crippen LogP contribution in [0.25, 0.3) is 0 Å². The molecule has 6 heteroatoms. The van der Waals surface area contributed by atoms with Crippen molar-refractivity contribution in [1.82, 2.24) is 16.0 Å². The van der Waals surface area contributed by atoms with E-state index in [9.17, 15) is 14.0 Å². The van der Waals surface area contributed by atoms with Crippen LogP contribution in [0.5, 0.6) is 0 Å². The predicted molar refractivity (Wildman–Crippen MR) is 74.8 cm³/mol.